The van der Waals surface area contributed by atoms with Gasteiger partial charge in [0.25, 0.3) is 0 Å². The van der Waals surface area contributed by atoms with Gasteiger partial charge in [-0.1, -0.05) is 70.7 Å². The fourth-order valence-corrected chi connectivity index (χ4v) is 7.74. The average molecular weight is 717 g/mol. The molecule has 2 unspecified atom stereocenters. The first-order valence-corrected chi connectivity index (χ1v) is 17.6. The van der Waals surface area contributed by atoms with Crippen molar-refractivity contribution in [3.63, 3.8) is 0 Å². The highest BCUT2D eigenvalue weighted by atomic mass is 35.5. The number of benzene rings is 4. The standard InChI is InChI=1S/C38H38Cl4O5/c1-43-31-19-17-23(21-33(31)45-25-9-3-4-10-25)37(35-27(39)13-7-14-28(35)40)47-38(36-29(41)15-8-16-30(36)42)24-18-20-32(44-2)34(22-24)46-26-11-5-6-12-26/h7-8,13-22,25-26,37-38H,3-6,9-12H2,1-2H3. The monoisotopic (exact) mass is 714 g/mol. The van der Waals surface area contributed by atoms with Crippen LogP contribution in [0.3, 0.4) is 0 Å². The van der Waals surface area contributed by atoms with Crippen molar-refractivity contribution in [1.29, 1.82) is 0 Å². The van der Waals surface area contributed by atoms with Gasteiger partial charge in [-0.15, -0.1) is 0 Å². The van der Waals surface area contributed by atoms with Gasteiger partial charge in [-0.3, -0.25) is 0 Å². The van der Waals surface area contributed by atoms with Crippen molar-refractivity contribution in [2.24, 2.45) is 0 Å². The summed E-state index contributed by atoms with van der Waals surface area (Å²) in [4.78, 5) is 0. The van der Waals surface area contributed by atoms with Gasteiger partial charge in [0.15, 0.2) is 23.0 Å². The predicted molar refractivity (Wildman–Crippen MR) is 189 cm³/mol. The maximum Gasteiger partial charge on any atom is 0.161 e. The third-order valence-corrected chi connectivity index (χ3v) is 10.3. The number of hydrogen-bond acceptors (Lipinski definition) is 5. The zero-order valence-electron chi connectivity index (χ0n) is 26.4. The van der Waals surface area contributed by atoms with E-state index in [9.17, 15) is 0 Å². The van der Waals surface area contributed by atoms with Crippen LogP contribution in [0.4, 0.5) is 0 Å². The fraction of sp³-hybridized carbons (Fsp3) is 0.368. The van der Waals surface area contributed by atoms with Crippen molar-refractivity contribution >= 4 is 46.4 Å². The molecule has 2 aliphatic rings. The molecule has 0 heterocycles. The normalized spacial score (nSPS) is 16.6. The molecular formula is C38H38Cl4O5. The summed E-state index contributed by atoms with van der Waals surface area (Å²) in [5.41, 5.74) is 2.77. The van der Waals surface area contributed by atoms with Crippen LogP contribution < -0.4 is 18.9 Å². The van der Waals surface area contributed by atoms with Crippen molar-refractivity contribution in [3.8, 4) is 23.0 Å². The molecular weight excluding hydrogens is 678 g/mol. The first-order valence-electron chi connectivity index (χ1n) is 16.1. The van der Waals surface area contributed by atoms with Crippen molar-refractivity contribution in [2.45, 2.75) is 75.8 Å². The van der Waals surface area contributed by atoms with Gasteiger partial charge >= 0.3 is 0 Å². The number of ether oxygens (including phenoxy) is 5. The van der Waals surface area contributed by atoms with Crippen LogP contribution in [0, 0.1) is 0 Å². The van der Waals surface area contributed by atoms with Crippen molar-refractivity contribution in [3.05, 3.63) is 115 Å². The molecule has 9 heteroatoms. The molecule has 47 heavy (non-hydrogen) atoms. The molecule has 0 amide bonds. The van der Waals surface area contributed by atoms with Gasteiger partial charge in [-0.25, -0.2) is 0 Å². The summed E-state index contributed by atoms with van der Waals surface area (Å²) in [6.45, 7) is 0. The zero-order chi connectivity index (χ0) is 32.9. The Morgan fingerprint density at radius 1 is 0.511 bits per heavy atom. The third kappa shape index (κ3) is 7.76. The van der Waals surface area contributed by atoms with Crippen LogP contribution in [0.2, 0.25) is 20.1 Å². The van der Waals surface area contributed by atoms with Crippen molar-refractivity contribution < 1.29 is 23.7 Å². The molecule has 2 atom stereocenters. The Bertz CT molecular complexity index is 1520. The van der Waals surface area contributed by atoms with Crippen LogP contribution >= 0.6 is 46.4 Å². The second-order valence-corrected chi connectivity index (χ2v) is 13.7. The Morgan fingerprint density at radius 3 is 1.21 bits per heavy atom. The summed E-state index contributed by atoms with van der Waals surface area (Å²) < 4.78 is 31.6. The van der Waals surface area contributed by atoms with Crippen LogP contribution in [0.1, 0.15) is 85.8 Å². The molecule has 6 rings (SSSR count). The van der Waals surface area contributed by atoms with Gasteiger partial charge in [0.05, 0.1) is 26.4 Å². The van der Waals surface area contributed by atoms with E-state index in [0.29, 0.717) is 54.2 Å². The van der Waals surface area contributed by atoms with E-state index in [0.717, 1.165) is 62.5 Å². The smallest absolute Gasteiger partial charge is 0.161 e. The summed E-state index contributed by atoms with van der Waals surface area (Å²) in [6.07, 6.45) is 7.29. The highest BCUT2D eigenvalue weighted by Gasteiger charge is 2.31. The SMILES string of the molecule is COc1ccc(C(OC(c2ccc(OC)c(OC3CCCC3)c2)c2c(Cl)cccc2Cl)c2c(Cl)cccc2Cl)cc1OC1CCCC1. The summed E-state index contributed by atoms with van der Waals surface area (Å²) in [7, 11) is 3.28. The summed E-state index contributed by atoms with van der Waals surface area (Å²) in [6, 6.07) is 22.4. The summed E-state index contributed by atoms with van der Waals surface area (Å²) >= 11 is 27.6. The van der Waals surface area contributed by atoms with Gasteiger partial charge in [0.1, 0.15) is 12.2 Å². The van der Waals surface area contributed by atoms with E-state index in [1.54, 1.807) is 38.5 Å². The molecule has 0 spiro atoms. The number of halogens is 4. The lowest BCUT2D eigenvalue weighted by Crippen LogP contribution is -2.17. The second-order valence-electron chi connectivity index (χ2n) is 12.0. The molecule has 4 aromatic carbocycles. The molecule has 2 aliphatic carbocycles. The van der Waals surface area contributed by atoms with Crippen LogP contribution in [0.25, 0.3) is 0 Å². The molecule has 0 saturated heterocycles. The Labute approximate surface area is 296 Å². The van der Waals surface area contributed by atoms with E-state index in [1.165, 1.54) is 0 Å². The molecule has 5 nitrogen and oxygen atoms in total. The van der Waals surface area contributed by atoms with Crippen LogP contribution in [0.15, 0.2) is 72.8 Å². The van der Waals surface area contributed by atoms with Gasteiger partial charge < -0.3 is 23.7 Å². The van der Waals surface area contributed by atoms with Crippen molar-refractivity contribution in [1.82, 2.24) is 0 Å². The van der Waals surface area contributed by atoms with E-state index >= 15 is 0 Å². The van der Waals surface area contributed by atoms with Gasteiger partial charge in [0, 0.05) is 31.2 Å². The number of rotatable bonds is 12. The molecule has 4 aromatic rings. The topological polar surface area (TPSA) is 46.2 Å². The maximum absolute atomic E-state index is 7.18. The van der Waals surface area contributed by atoms with E-state index in [2.05, 4.69) is 0 Å². The lowest BCUT2D eigenvalue weighted by molar-refractivity contribution is 0.0306. The third-order valence-electron chi connectivity index (χ3n) is 8.97. The maximum atomic E-state index is 7.18. The van der Waals surface area contributed by atoms with Gasteiger partial charge in [-0.2, -0.15) is 0 Å². The second kappa shape index (κ2) is 15.6. The van der Waals surface area contributed by atoms with Crippen molar-refractivity contribution in [2.75, 3.05) is 14.2 Å². The van der Waals surface area contributed by atoms with Crippen LogP contribution in [-0.4, -0.2) is 26.4 Å². The summed E-state index contributed by atoms with van der Waals surface area (Å²) in [5, 5.41) is 1.84. The minimum absolute atomic E-state index is 0.120. The first kappa shape index (κ1) is 34.1. The van der Waals surface area contributed by atoms with Gasteiger partial charge in [-0.05, 0) is 111 Å². The molecule has 0 bridgehead atoms. The Morgan fingerprint density at radius 2 is 0.872 bits per heavy atom. The minimum Gasteiger partial charge on any atom is -0.493 e. The molecule has 0 aromatic heterocycles. The van der Waals surface area contributed by atoms with E-state index in [4.69, 9.17) is 70.1 Å². The predicted octanol–water partition coefficient (Wildman–Crippen LogP) is 11.9. The molecule has 248 valence electrons. The highest BCUT2D eigenvalue weighted by molar-refractivity contribution is 6.36. The quantitative estimate of drug-likeness (QED) is 0.146. The Balaban J connectivity index is 1.49. The molecule has 0 aliphatic heterocycles. The Kier molecular flexibility index (Phi) is 11.3. The van der Waals surface area contributed by atoms with Crippen LogP contribution in [0.5, 0.6) is 23.0 Å². The largest absolute Gasteiger partial charge is 0.493 e. The van der Waals surface area contributed by atoms with E-state index in [1.807, 2.05) is 48.5 Å². The number of hydrogen-bond donors (Lipinski definition) is 0. The highest BCUT2D eigenvalue weighted by Crippen LogP contribution is 2.47. The lowest BCUT2D eigenvalue weighted by atomic mass is 9.97. The first-order chi connectivity index (χ1) is 22.9. The van der Waals surface area contributed by atoms with Crippen LogP contribution in [-0.2, 0) is 4.74 Å². The summed E-state index contributed by atoms with van der Waals surface area (Å²) in [5.74, 6) is 2.55. The number of methoxy groups -OCH3 is 2. The lowest BCUT2D eigenvalue weighted by Gasteiger charge is -2.30. The van der Waals surface area contributed by atoms with E-state index < -0.39 is 12.2 Å². The molecule has 0 radical (unpaired) electrons. The Hall–Kier alpha value is -2.80. The average Bonchev–Trinajstić information content (AvgIpc) is 3.78. The molecule has 2 fully saturated rings. The minimum atomic E-state index is -0.758. The molecule has 0 N–H and O–H groups in total. The zero-order valence-corrected chi connectivity index (χ0v) is 29.5. The molecule has 2 saturated carbocycles. The van der Waals surface area contributed by atoms with Gasteiger partial charge in [0.2, 0.25) is 0 Å². The fourth-order valence-electron chi connectivity index (χ4n) is 6.55. The van der Waals surface area contributed by atoms with E-state index in [-0.39, 0.29) is 12.2 Å².